The first-order valence-corrected chi connectivity index (χ1v) is 9.09. The second-order valence-corrected chi connectivity index (χ2v) is 7.22. The van der Waals surface area contributed by atoms with Gasteiger partial charge in [-0.1, -0.05) is 30.3 Å². The Morgan fingerprint density at radius 1 is 1.21 bits per heavy atom. The topological polar surface area (TPSA) is 78.9 Å². The molecule has 2 amide bonds. The number of ether oxygens (including phenoxy) is 1. The van der Waals surface area contributed by atoms with Gasteiger partial charge in [-0.3, -0.25) is 4.79 Å². The largest absolute Gasteiger partial charge is 0.489 e. The molecule has 148 valence electrons. The van der Waals surface area contributed by atoms with Crippen molar-refractivity contribution in [2.24, 2.45) is 5.41 Å². The summed E-state index contributed by atoms with van der Waals surface area (Å²) in [4.78, 5) is 25.1. The van der Waals surface area contributed by atoms with Crippen molar-refractivity contribution >= 4 is 12.0 Å². The third-order valence-electron chi connectivity index (χ3n) is 5.00. The van der Waals surface area contributed by atoms with Gasteiger partial charge in [0.15, 0.2) is 0 Å². The van der Waals surface area contributed by atoms with Crippen LogP contribution in [-0.2, 0) is 17.9 Å². The summed E-state index contributed by atoms with van der Waals surface area (Å²) >= 11 is 0. The number of nitrogens with one attached hydrogen (secondary N) is 1. The van der Waals surface area contributed by atoms with Gasteiger partial charge in [0.2, 0.25) is 0 Å². The SMILES string of the molecule is CC1(C(=O)O)CCN(C(=O)NCc2ccc(OCc3ccccc3F)cc2)C1. The fourth-order valence-electron chi connectivity index (χ4n) is 3.08. The van der Waals surface area contributed by atoms with E-state index in [4.69, 9.17) is 4.74 Å². The van der Waals surface area contributed by atoms with Crippen molar-refractivity contribution in [1.29, 1.82) is 0 Å². The molecule has 0 bridgehead atoms. The summed E-state index contributed by atoms with van der Waals surface area (Å²) in [7, 11) is 0. The first-order valence-electron chi connectivity index (χ1n) is 9.09. The Balaban J connectivity index is 1.47. The van der Waals surface area contributed by atoms with E-state index in [0.717, 1.165) is 5.56 Å². The molecule has 0 saturated carbocycles. The Morgan fingerprint density at radius 3 is 2.57 bits per heavy atom. The lowest BCUT2D eigenvalue weighted by atomic mass is 9.90. The molecule has 1 aliphatic heterocycles. The molecule has 2 aromatic carbocycles. The first-order chi connectivity index (χ1) is 13.4. The van der Waals surface area contributed by atoms with E-state index in [2.05, 4.69) is 5.32 Å². The maximum absolute atomic E-state index is 13.6. The number of carboxylic acid groups (broad SMARTS) is 1. The van der Waals surface area contributed by atoms with Gasteiger partial charge in [-0.2, -0.15) is 0 Å². The molecule has 1 fully saturated rings. The van der Waals surface area contributed by atoms with Crippen molar-refractivity contribution in [3.8, 4) is 5.75 Å². The van der Waals surface area contributed by atoms with Gasteiger partial charge in [0.25, 0.3) is 0 Å². The summed E-state index contributed by atoms with van der Waals surface area (Å²) < 4.78 is 19.2. The molecule has 7 heteroatoms. The van der Waals surface area contributed by atoms with Crippen LogP contribution in [-0.4, -0.2) is 35.1 Å². The quantitative estimate of drug-likeness (QED) is 0.797. The highest BCUT2D eigenvalue weighted by Gasteiger charge is 2.42. The molecule has 2 aromatic rings. The summed E-state index contributed by atoms with van der Waals surface area (Å²) in [5.74, 6) is -0.577. The molecule has 1 unspecified atom stereocenters. The standard InChI is InChI=1S/C21H23FN2O4/c1-21(19(25)26)10-11-24(14-21)20(27)23-12-15-6-8-17(9-7-15)28-13-16-4-2-3-5-18(16)22/h2-9H,10-14H2,1H3,(H,23,27)(H,25,26). The molecule has 2 N–H and O–H groups in total. The van der Waals surface area contributed by atoms with E-state index in [1.54, 1.807) is 37.3 Å². The van der Waals surface area contributed by atoms with Crippen LogP contribution in [0.3, 0.4) is 0 Å². The smallest absolute Gasteiger partial charge is 0.317 e. The molecule has 1 heterocycles. The average Bonchev–Trinajstić information content (AvgIpc) is 3.10. The number of rotatable bonds is 6. The van der Waals surface area contributed by atoms with Crippen LogP contribution in [0.5, 0.6) is 5.75 Å². The second-order valence-electron chi connectivity index (χ2n) is 7.22. The fraction of sp³-hybridized carbons (Fsp3) is 0.333. The minimum Gasteiger partial charge on any atom is -0.489 e. The summed E-state index contributed by atoms with van der Waals surface area (Å²) in [6.07, 6.45) is 0.448. The zero-order valence-corrected chi connectivity index (χ0v) is 15.7. The van der Waals surface area contributed by atoms with Gasteiger partial charge in [-0.15, -0.1) is 0 Å². The minimum absolute atomic E-state index is 0.139. The van der Waals surface area contributed by atoms with E-state index in [-0.39, 0.29) is 25.0 Å². The van der Waals surface area contributed by atoms with Crippen LogP contribution >= 0.6 is 0 Å². The highest BCUT2D eigenvalue weighted by atomic mass is 19.1. The predicted octanol–water partition coefficient (Wildman–Crippen LogP) is 3.41. The fourth-order valence-corrected chi connectivity index (χ4v) is 3.08. The Kier molecular flexibility index (Phi) is 5.82. The average molecular weight is 386 g/mol. The number of carbonyl (C=O) groups excluding carboxylic acids is 1. The number of aliphatic carboxylic acids is 1. The van der Waals surface area contributed by atoms with Crippen molar-refractivity contribution in [3.63, 3.8) is 0 Å². The number of carboxylic acids is 1. The van der Waals surface area contributed by atoms with Gasteiger partial charge in [0, 0.05) is 25.2 Å². The number of halogens is 1. The normalized spacial score (nSPS) is 18.7. The third-order valence-corrected chi connectivity index (χ3v) is 5.00. The molecule has 28 heavy (non-hydrogen) atoms. The van der Waals surface area contributed by atoms with Crippen molar-refractivity contribution in [3.05, 3.63) is 65.5 Å². The summed E-state index contributed by atoms with van der Waals surface area (Å²) in [5, 5.41) is 12.1. The zero-order chi connectivity index (χ0) is 20.1. The van der Waals surface area contributed by atoms with E-state index >= 15 is 0 Å². The summed E-state index contributed by atoms with van der Waals surface area (Å²) in [6, 6.07) is 13.4. The zero-order valence-electron chi connectivity index (χ0n) is 15.7. The lowest BCUT2D eigenvalue weighted by Gasteiger charge is -2.20. The Labute approximate surface area is 162 Å². The number of hydrogen-bond acceptors (Lipinski definition) is 3. The molecule has 0 aliphatic carbocycles. The molecule has 1 atom stereocenters. The maximum atomic E-state index is 13.6. The first kappa shape index (κ1) is 19.7. The van der Waals surface area contributed by atoms with E-state index < -0.39 is 11.4 Å². The molecule has 0 aromatic heterocycles. The second kappa shape index (κ2) is 8.29. The van der Waals surface area contributed by atoms with Gasteiger partial charge in [0.1, 0.15) is 18.2 Å². The summed E-state index contributed by atoms with van der Waals surface area (Å²) in [5.41, 5.74) is 0.485. The van der Waals surface area contributed by atoms with Crippen molar-refractivity contribution < 1.29 is 23.8 Å². The van der Waals surface area contributed by atoms with Crippen LogP contribution in [0.2, 0.25) is 0 Å². The molecular weight excluding hydrogens is 363 g/mol. The highest BCUT2D eigenvalue weighted by molar-refractivity contribution is 5.79. The van der Waals surface area contributed by atoms with Crippen molar-refractivity contribution in [2.45, 2.75) is 26.5 Å². The van der Waals surface area contributed by atoms with E-state index in [1.807, 2.05) is 12.1 Å². The maximum Gasteiger partial charge on any atom is 0.317 e. The third kappa shape index (κ3) is 4.60. The van der Waals surface area contributed by atoms with Crippen LogP contribution < -0.4 is 10.1 Å². The van der Waals surface area contributed by atoms with Gasteiger partial charge in [-0.05, 0) is 37.1 Å². The molecule has 0 radical (unpaired) electrons. The molecule has 6 nitrogen and oxygen atoms in total. The number of carbonyl (C=O) groups is 2. The van der Waals surface area contributed by atoms with Gasteiger partial charge in [-0.25, -0.2) is 9.18 Å². The molecule has 3 rings (SSSR count). The van der Waals surface area contributed by atoms with Crippen LogP contribution in [0, 0.1) is 11.2 Å². The number of amides is 2. The van der Waals surface area contributed by atoms with Crippen LogP contribution in [0.1, 0.15) is 24.5 Å². The van der Waals surface area contributed by atoms with Gasteiger partial charge < -0.3 is 20.1 Å². The van der Waals surface area contributed by atoms with E-state index in [0.29, 0.717) is 30.8 Å². The van der Waals surface area contributed by atoms with Crippen LogP contribution in [0.25, 0.3) is 0 Å². The Hall–Kier alpha value is -3.09. The molecule has 0 spiro atoms. The number of nitrogens with zero attached hydrogens (tertiary/aromatic N) is 1. The van der Waals surface area contributed by atoms with Crippen LogP contribution in [0.4, 0.5) is 9.18 Å². The predicted molar refractivity (Wildman–Crippen MR) is 101 cm³/mol. The Morgan fingerprint density at radius 2 is 1.93 bits per heavy atom. The Bertz CT molecular complexity index is 856. The van der Waals surface area contributed by atoms with Gasteiger partial charge in [0.05, 0.1) is 5.41 Å². The number of likely N-dealkylation sites (tertiary alicyclic amines) is 1. The van der Waals surface area contributed by atoms with Crippen molar-refractivity contribution in [2.75, 3.05) is 13.1 Å². The molecule has 1 aliphatic rings. The van der Waals surface area contributed by atoms with Crippen LogP contribution in [0.15, 0.2) is 48.5 Å². The lowest BCUT2D eigenvalue weighted by Crippen LogP contribution is -2.40. The monoisotopic (exact) mass is 386 g/mol. The van der Waals surface area contributed by atoms with Gasteiger partial charge >= 0.3 is 12.0 Å². The number of urea groups is 1. The number of hydrogen-bond donors (Lipinski definition) is 2. The molecule has 1 saturated heterocycles. The van der Waals surface area contributed by atoms with Crippen molar-refractivity contribution in [1.82, 2.24) is 10.2 Å². The van der Waals surface area contributed by atoms with E-state index in [9.17, 15) is 19.1 Å². The lowest BCUT2D eigenvalue weighted by molar-refractivity contribution is -0.147. The van der Waals surface area contributed by atoms with E-state index in [1.165, 1.54) is 11.0 Å². The molecular formula is C21H23FN2O4. The highest BCUT2D eigenvalue weighted by Crippen LogP contribution is 2.30. The minimum atomic E-state index is -0.881. The number of benzene rings is 2. The summed E-state index contributed by atoms with van der Waals surface area (Å²) in [6.45, 7) is 2.75.